The van der Waals surface area contributed by atoms with E-state index in [1.807, 2.05) is 42.2 Å². The molecular weight excluding hydrogens is 326 g/mol. The maximum Gasteiger partial charge on any atom is 0.225 e. The highest BCUT2D eigenvalue weighted by Crippen LogP contribution is 2.22. The van der Waals surface area contributed by atoms with Crippen LogP contribution >= 0.6 is 11.6 Å². The van der Waals surface area contributed by atoms with Crippen LogP contribution in [0.2, 0.25) is 5.02 Å². The number of hydrogen-bond acceptors (Lipinski definition) is 4. The number of aryl methyl sites for hydroxylation is 1. The van der Waals surface area contributed by atoms with E-state index in [2.05, 4.69) is 20.5 Å². The van der Waals surface area contributed by atoms with E-state index in [9.17, 15) is 4.79 Å². The number of nitrogens with one attached hydrogen (secondary N) is 2. The largest absolute Gasteiger partial charge is 0.337 e. The third-order valence-corrected chi connectivity index (χ3v) is 4.61. The van der Waals surface area contributed by atoms with Crippen LogP contribution in [0.25, 0.3) is 0 Å². The number of nitrogens with zero attached hydrogens (tertiary/aromatic N) is 3. The van der Waals surface area contributed by atoms with Crippen LogP contribution in [-0.2, 0) is 11.8 Å². The molecule has 1 fully saturated rings. The summed E-state index contributed by atoms with van der Waals surface area (Å²) in [5.41, 5.74) is 0.658. The Morgan fingerprint density at radius 2 is 2.29 bits per heavy atom. The summed E-state index contributed by atoms with van der Waals surface area (Å²) in [6, 6.07) is 7.46. The van der Waals surface area contributed by atoms with Gasteiger partial charge in [0.2, 0.25) is 5.91 Å². The Bertz CT molecular complexity index is 702. The average Bonchev–Trinajstić information content (AvgIpc) is 3.01. The first-order chi connectivity index (χ1) is 11.6. The van der Waals surface area contributed by atoms with Gasteiger partial charge in [0.15, 0.2) is 0 Å². The quantitative estimate of drug-likeness (QED) is 0.869. The summed E-state index contributed by atoms with van der Waals surface area (Å²) in [4.78, 5) is 19.0. The van der Waals surface area contributed by atoms with Crippen LogP contribution < -0.4 is 10.6 Å². The minimum Gasteiger partial charge on any atom is -0.337 e. The molecule has 1 unspecified atom stereocenters. The van der Waals surface area contributed by atoms with E-state index in [0.717, 1.165) is 25.5 Å². The van der Waals surface area contributed by atoms with Gasteiger partial charge in [-0.25, -0.2) is 4.98 Å². The Morgan fingerprint density at radius 3 is 3.04 bits per heavy atom. The van der Waals surface area contributed by atoms with Crippen molar-refractivity contribution >= 4 is 23.2 Å². The molecule has 0 spiro atoms. The molecule has 0 saturated carbocycles. The molecule has 2 aromatic rings. The molecule has 2 N–H and O–H groups in total. The van der Waals surface area contributed by atoms with Gasteiger partial charge in [-0.2, -0.15) is 0 Å². The second-order valence-electron chi connectivity index (χ2n) is 5.93. The number of para-hydroxylation sites is 1. The number of imidazole rings is 1. The van der Waals surface area contributed by atoms with Crippen molar-refractivity contribution in [3.63, 3.8) is 0 Å². The van der Waals surface area contributed by atoms with E-state index in [1.165, 1.54) is 0 Å². The molecule has 6 nitrogen and oxygen atoms in total. The van der Waals surface area contributed by atoms with Gasteiger partial charge in [0.05, 0.1) is 16.8 Å². The summed E-state index contributed by atoms with van der Waals surface area (Å²) >= 11 is 6.08. The minimum absolute atomic E-state index is 0.0276. The van der Waals surface area contributed by atoms with E-state index in [1.54, 1.807) is 6.07 Å². The van der Waals surface area contributed by atoms with E-state index in [0.29, 0.717) is 23.7 Å². The van der Waals surface area contributed by atoms with Crippen LogP contribution in [0.4, 0.5) is 5.69 Å². The highest BCUT2D eigenvalue weighted by molar-refractivity contribution is 6.33. The first-order valence-corrected chi connectivity index (χ1v) is 8.49. The Kier molecular flexibility index (Phi) is 5.50. The van der Waals surface area contributed by atoms with Crippen LogP contribution in [0.1, 0.15) is 18.3 Å². The Morgan fingerprint density at radius 1 is 1.46 bits per heavy atom. The summed E-state index contributed by atoms with van der Waals surface area (Å²) in [6.45, 7) is 3.36. The number of amides is 1. The molecule has 2 heterocycles. The third-order valence-electron chi connectivity index (χ3n) is 4.28. The van der Waals surface area contributed by atoms with Crippen molar-refractivity contribution in [2.45, 2.75) is 12.5 Å². The van der Waals surface area contributed by atoms with Gasteiger partial charge in [-0.15, -0.1) is 0 Å². The van der Waals surface area contributed by atoms with Crippen LogP contribution in [0.3, 0.4) is 0 Å². The molecule has 24 heavy (non-hydrogen) atoms. The number of aromatic nitrogens is 2. The number of anilines is 1. The number of rotatable bonds is 5. The average molecular weight is 348 g/mol. The van der Waals surface area contributed by atoms with Gasteiger partial charge in [-0.3, -0.25) is 9.69 Å². The first-order valence-electron chi connectivity index (χ1n) is 8.11. The van der Waals surface area contributed by atoms with Crippen LogP contribution in [-0.4, -0.2) is 46.5 Å². The number of piperazine rings is 1. The lowest BCUT2D eigenvalue weighted by Crippen LogP contribution is -2.47. The highest BCUT2D eigenvalue weighted by atomic mass is 35.5. The highest BCUT2D eigenvalue weighted by Gasteiger charge is 2.26. The van der Waals surface area contributed by atoms with E-state index < -0.39 is 0 Å². The zero-order chi connectivity index (χ0) is 16.9. The summed E-state index contributed by atoms with van der Waals surface area (Å²) in [5, 5.41) is 6.83. The molecule has 3 rings (SSSR count). The molecular formula is C17H22ClN5O. The van der Waals surface area contributed by atoms with Crippen LogP contribution in [0, 0.1) is 0 Å². The molecule has 1 aromatic heterocycles. The molecule has 0 radical (unpaired) electrons. The van der Waals surface area contributed by atoms with Gasteiger partial charge < -0.3 is 15.2 Å². The first kappa shape index (κ1) is 17.0. The molecule has 0 bridgehead atoms. The monoisotopic (exact) mass is 347 g/mol. The van der Waals surface area contributed by atoms with Crippen molar-refractivity contribution in [1.29, 1.82) is 0 Å². The lowest BCUT2D eigenvalue weighted by molar-refractivity contribution is -0.116. The number of carbonyl (C=O) groups excluding carboxylic acids is 1. The predicted octanol–water partition coefficient (Wildman–Crippen LogP) is 2.05. The smallest absolute Gasteiger partial charge is 0.225 e. The van der Waals surface area contributed by atoms with Crippen molar-refractivity contribution < 1.29 is 4.79 Å². The fourth-order valence-corrected chi connectivity index (χ4v) is 3.17. The molecule has 1 amide bonds. The van der Waals surface area contributed by atoms with Crippen molar-refractivity contribution in [3.05, 3.63) is 47.5 Å². The maximum atomic E-state index is 12.2. The van der Waals surface area contributed by atoms with Crippen molar-refractivity contribution in [3.8, 4) is 0 Å². The molecule has 7 heteroatoms. The summed E-state index contributed by atoms with van der Waals surface area (Å²) in [7, 11) is 2.00. The van der Waals surface area contributed by atoms with Crippen LogP contribution in [0.5, 0.6) is 0 Å². The predicted molar refractivity (Wildman–Crippen MR) is 95.1 cm³/mol. The summed E-state index contributed by atoms with van der Waals surface area (Å²) < 4.78 is 2.04. The molecule has 1 aliphatic rings. The van der Waals surface area contributed by atoms with Crippen molar-refractivity contribution in [2.24, 2.45) is 7.05 Å². The Hall–Kier alpha value is -1.89. The molecule has 1 atom stereocenters. The third kappa shape index (κ3) is 3.95. The van der Waals surface area contributed by atoms with Gasteiger partial charge in [0.25, 0.3) is 0 Å². The van der Waals surface area contributed by atoms with E-state index >= 15 is 0 Å². The van der Waals surface area contributed by atoms with Crippen molar-refractivity contribution in [2.75, 3.05) is 31.5 Å². The molecule has 0 aliphatic carbocycles. The minimum atomic E-state index is -0.0276. The lowest BCUT2D eigenvalue weighted by atomic mass is 10.1. The molecule has 1 aromatic carbocycles. The normalized spacial score (nSPS) is 18.5. The second kappa shape index (κ2) is 7.79. The fraction of sp³-hybridized carbons (Fsp3) is 0.412. The van der Waals surface area contributed by atoms with Gasteiger partial charge in [-0.05, 0) is 12.1 Å². The summed E-state index contributed by atoms with van der Waals surface area (Å²) in [6.07, 6.45) is 4.19. The number of hydrogen-bond donors (Lipinski definition) is 2. The van der Waals surface area contributed by atoms with Gasteiger partial charge in [0.1, 0.15) is 5.82 Å². The van der Waals surface area contributed by atoms with Gasteiger partial charge in [-0.1, -0.05) is 23.7 Å². The topological polar surface area (TPSA) is 62.2 Å². The van der Waals surface area contributed by atoms with E-state index in [4.69, 9.17) is 11.6 Å². The molecule has 128 valence electrons. The SMILES string of the molecule is Cn1ccnc1C1CNCCN1CCC(=O)Nc1ccccc1Cl. The second-order valence-corrected chi connectivity index (χ2v) is 6.34. The zero-order valence-corrected chi connectivity index (χ0v) is 14.5. The zero-order valence-electron chi connectivity index (χ0n) is 13.7. The van der Waals surface area contributed by atoms with Crippen molar-refractivity contribution in [1.82, 2.24) is 19.8 Å². The number of benzene rings is 1. The van der Waals surface area contributed by atoms with E-state index in [-0.39, 0.29) is 11.9 Å². The number of carbonyl (C=O) groups is 1. The Balaban J connectivity index is 1.59. The fourth-order valence-electron chi connectivity index (χ4n) is 2.99. The Labute approximate surface area is 146 Å². The molecule has 1 saturated heterocycles. The maximum absolute atomic E-state index is 12.2. The number of halogens is 1. The van der Waals surface area contributed by atoms with Gasteiger partial charge >= 0.3 is 0 Å². The lowest BCUT2D eigenvalue weighted by Gasteiger charge is -2.35. The van der Waals surface area contributed by atoms with Crippen LogP contribution in [0.15, 0.2) is 36.7 Å². The van der Waals surface area contributed by atoms with Gasteiger partial charge in [0, 0.05) is 52.0 Å². The summed E-state index contributed by atoms with van der Waals surface area (Å²) in [5.74, 6) is 0.994. The molecule has 1 aliphatic heterocycles. The standard InChI is InChI=1S/C17H22ClN5O/c1-22-10-8-20-17(22)15-12-19-7-11-23(15)9-6-16(24)21-14-5-3-2-4-13(14)18/h2-5,8,10,15,19H,6-7,9,11-12H2,1H3,(H,21,24).